The summed E-state index contributed by atoms with van der Waals surface area (Å²) in [7, 11) is 1.59. The average molecular weight is 267 g/mol. The minimum Gasteiger partial charge on any atom is -0.497 e. The molecule has 0 unspecified atom stereocenters. The van der Waals surface area contributed by atoms with E-state index in [2.05, 4.69) is 6.08 Å². The van der Waals surface area contributed by atoms with Gasteiger partial charge in [-0.2, -0.15) is 0 Å². The molecule has 20 heavy (non-hydrogen) atoms. The lowest BCUT2D eigenvalue weighted by atomic mass is 10.1. The summed E-state index contributed by atoms with van der Waals surface area (Å²) in [5, 5.41) is 0. The van der Waals surface area contributed by atoms with Crippen LogP contribution in [-0.2, 0) is 9.53 Å². The summed E-state index contributed by atoms with van der Waals surface area (Å²) >= 11 is 0. The zero-order valence-corrected chi connectivity index (χ0v) is 11.4. The minimum absolute atomic E-state index is 0.377. The molecule has 0 aliphatic rings. The van der Waals surface area contributed by atoms with Gasteiger partial charge in [0.15, 0.2) is 0 Å². The third-order valence-corrected chi connectivity index (χ3v) is 2.61. The first-order chi connectivity index (χ1) is 9.69. The van der Waals surface area contributed by atoms with Gasteiger partial charge in [0.1, 0.15) is 11.5 Å². The monoisotopic (exact) mass is 267 g/mol. The summed E-state index contributed by atoms with van der Waals surface area (Å²) in [6.45, 7) is 1.37. The smallest absolute Gasteiger partial charge is 0.308 e. The Balaban J connectivity index is 2.41. The van der Waals surface area contributed by atoms with Gasteiger partial charge < -0.3 is 9.47 Å². The first kappa shape index (κ1) is 13.9. The van der Waals surface area contributed by atoms with Crippen LogP contribution < -0.4 is 4.74 Å². The summed E-state index contributed by atoms with van der Waals surface area (Å²) in [5.74, 6) is 0.691. The average Bonchev–Trinajstić information content (AvgIpc) is 2.47. The number of carbonyl (C=O) groups is 1. The lowest BCUT2D eigenvalue weighted by Gasteiger charge is -2.08. The highest BCUT2D eigenvalue weighted by molar-refractivity contribution is 5.76. The van der Waals surface area contributed by atoms with E-state index in [9.17, 15) is 4.79 Å². The number of rotatable bonds is 4. The number of hydrogen-bond acceptors (Lipinski definition) is 3. The summed E-state index contributed by atoms with van der Waals surface area (Å²) in [6, 6.07) is 16.8. The Morgan fingerprint density at radius 1 is 1.05 bits per heavy atom. The molecule has 0 N–H and O–H groups in total. The van der Waals surface area contributed by atoms with Crippen molar-refractivity contribution in [2.24, 2.45) is 0 Å². The molecule has 0 spiro atoms. The van der Waals surface area contributed by atoms with Gasteiger partial charge in [-0.3, -0.25) is 4.79 Å². The fourth-order valence-corrected chi connectivity index (χ4v) is 1.72. The second-order valence-corrected chi connectivity index (χ2v) is 4.15. The van der Waals surface area contributed by atoms with Crippen LogP contribution in [0.15, 0.2) is 54.6 Å². The van der Waals surface area contributed by atoms with E-state index in [1.807, 2.05) is 48.5 Å². The molecule has 0 heterocycles. The molecule has 0 atom stereocenters. The van der Waals surface area contributed by atoms with Crippen LogP contribution in [0.1, 0.15) is 18.1 Å². The Labute approximate surface area is 118 Å². The maximum atomic E-state index is 11.3. The fourth-order valence-electron chi connectivity index (χ4n) is 1.72. The molecule has 0 amide bonds. The van der Waals surface area contributed by atoms with Gasteiger partial charge in [0, 0.05) is 18.6 Å². The number of benzene rings is 2. The standard InChI is InChI=1S/C17H15O3/c1-13(18)20-17(11-14-7-4-3-5-8-14)15-9-6-10-16(12-15)19-2/h3-10,12H,1-2H3. The zero-order chi connectivity index (χ0) is 14.4. The van der Waals surface area contributed by atoms with E-state index in [1.54, 1.807) is 13.2 Å². The van der Waals surface area contributed by atoms with Crippen LogP contribution in [0.3, 0.4) is 0 Å². The Morgan fingerprint density at radius 2 is 1.80 bits per heavy atom. The first-order valence-electron chi connectivity index (χ1n) is 6.21. The van der Waals surface area contributed by atoms with Gasteiger partial charge in [0.2, 0.25) is 0 Å². The van der Waals surface area contributed by atoms with Crippen LogP contribution in [0.25, 0.3) is 5.76 Å². The van der Waals surface area contributed by atoms with Crippen molar-refractivity contribution in [1.29, 1.82) is 0 Å². The molecule has 0 aromatic heterocycles. The van der Waals surface area contributed by atoms with Crippen LogP contribution >= 0.6 is 0 Å². The normalized spacial score (nSPS) is 11.0. The molecule has 0 aliphatic heterocycles. The molecule has 0 fully saturated rings. The van der Waals surface area contributed by atoms with Crippen molar-refractivity contribution in [1.82, 2.24) is 0 Å². The van der Waals surface area contributed by atoms with Crippen molar-refractivity contribution >= 4 is 11.7 Å². The van der Waals surface area contributed by atoms with Crippen molar-refractivity contribution in [2.75, 3.05) is 7.11 Å². The summed E-state index contributed by atoms with van der Waals surface area (Å²) in [4.78, 5) is 11.3. The second-order valence-electron chi connectivity index (χ2n) is 4.15. The third kappa shape index (κ3) is 3.72. The van der Waals surface area contributed by atoms with Crippen LogP contribution in [0.4, 0.5) is 0 Å². The topological polar surface area (TPSA) is 35.5 Å². The molecule has 3 heteroatoms. The van der Waals surface area contributed by atoms with E-state index < -0.39 is 0 Å². The van der Waals surface area contributed by atoms with Crippen molar-refractivity contribution < 1.29 is 14.3 Å². The second kappa shape index (κ2) is 6.57. The lowest BCUT2D eigenvalue weighted by molar-refractivity contribution is -0.134. The molecule has 2 aromatic rings. The highest BCUT2D eigenvalue weighted by Gasteiger charge is 2.08. The van der Waals surface area contributed by atoms with E-state index in [0.717, 1.165) is 11.1 Å². The van der Waals surface area contributed by atoms with E-state index in [1.165, 1.54) is 6.92 Å². The molecule has 2 aromatic carbocycles. The first-order valence-corrected chi connectivity index (χ1v) is 6.21. The SMILES string of the molecule is COc1cccc(C(=[C]c2ccccc2)OC(C)=O)c1. The lowest BCUT2D eigenvalue weighted by Crippen LogP contribution is -1.99. The molecule has 0 bridgehead atoms. The molecular formula is C17H15O3. The summed E-state index contributed by atoms with van der Waals surface area (Å²) in [5.41, 5.74) is 1.58. The van der Waals surface area contributed by atoms with Crippen molar-refractivity contribution in [3.63, 3.8) is 0 Å². The van der Waals surface area contributed by atoms with E-state index in [0.29, 0.717) is 11.5 Å². The van der Waals surface area contributed by atoms with Gasteiger partial charge in [-0.15, -0.1) is 0 Å². The fraction of sp³-hybridized carbons (Fsp3) is 0.118. The number of ether oxygens (including phenoxy) is 2. The van der Waals surface area contributed by atoms with Crippen molar-refractivity contribution in [2.45, 2.75) is 6.92 Å². The number of hydrogen-bond donors (Lipinski definition) is 0. The van der Waals surface area contributed by atoms with Gasteiger partial charge in [-0.1, -0.05) is 42.5 Å². The minimum atomic E-state index is -0.383. The maximum Gasteiger partial charge on any atom is 0.308 e. The van der Waals surface area contributed by atoms with Gasteiger partial charge in [0.25, 0.3) is 0 Å². The van der Waals surface area contributed by atoms with Crippen LogP contribution in [0.2, 0.25) is 0 Å². The molecule has 0 saturated carbocycles. The molecule has 3 nitrogen and oxygen atoms in total. The zero-order valence-electron chi connectivity index (χ0n) is 11.4. The van der Waals surface area contributed by atoms with E-state index in [-0.39, 0.29) is 5.97 Å². The molecular weight excluding hydrogens is 252 g/mol. The highest BCUT2D eigenvalue weighted by atomic mass is 16.5. The van der Waals surface area contributed by atoms with Crippen LogP contribution in [0.5, 0.6) is 5.75 Å². The Morgan fingerprint density at radius 3 is 2.45 bits per heavy atom. The molecule has 101 valence electrons. The Kier molecular flexibility index (Phi) is 4.56. The third-order valence-electron chi connectivity index (χ3n) is 2.61. The molecule has 1 radical (unpaired) electrons. The number of carbonyl (C=O) groups excluding carboxylic acids is 1. The highest BCUT2D eigenvalue weighted by Crippen LogP contribution is 2.22. The maximum absolute atomic E-state index is 11.3. The Bertz CT molecular complexity index is 615. The summed E-state index contributed by atoms with van der Waals surface area (Å²) < 4.78 is 10.4. The largest absolute Gasteiger partial charge is 0.497 e. The van der Waals surface area contributed by atoms with Crippen LogP contribution in [-0.4, -0.2) is 13.1 Å². The number of methoxy groups -OCH3 is 1. The predicted molar refractivity (Wildman–Crippen MR) is 77.0 cm³/mol. The van der Waals surface area contributed by atoms with Gasteiger partial charge in [-0.25, -0.2) is 0 Å². The van der Waals surface area contributed by atoms with Gasteiger partial charge in [0.05, 0.1) is 7.11 Å². The van der Waals surface area contributed by atoms with E-state index >= 15 is 0 Å². The van der Waals surface area contributed by atoms with Gasteiger partial charge >= 0.3 is 5.97 Å². The van der Waals surface area contributed by atoms with Crippen molar-refractivity contribution in [3.05, 3.63) is 71.8 Å². The molecule has 2 rings (SSSR count). The van der Waals surface area contributed by atoms with E-state index in [4.69, 9.17) is 9.47 Å². The molecule has 0 aliphatic carbocycles. The van der Waals surface area contributed by atoms with Crippen molar-refractivity contribution in [3.8, 4) is 5.75 Å². The summed E-state index contributed by atoms with van der Waals surface area (Å²) in [6.07, 6.45) is 3.10. The quantitative estimate of drug-likeness (QED) is 0.483. The van der Waals surface area contributed by atoms with Gasteiger partial charge in [-0.05, 0) is 17.7 Å². The van der Waals surface area contributed by atoms with Crippen LogP contribution in [0, 0.1) is 6.08 Å². The predicted octanol–water partition coefficient (Wildman–Crippen LogP) is 3.45. The number of esters is 1. The molecule has 0 saturated heterocycles. The Hall–Kier alpha value is -2.55.